The number of hydrogen-bond donors (Lipinski definition) is 1. The molecule has 1 atom stereocenters. The number of anilines is 1. The maximum atomic E-state index is 13.1. The molecule has 1 aliphatic heterocycles. The molecule has 0 saturated carbocycles. The summed E-state index contributed by atoms with van der Waals surface area (Å²) in [5.41, 5.74) is 3.42. The topological polar surface area (TPSA) is 58.6 Å². The van der Waals surface area contributed by atoms with E-state index in [1.165, 1.54) is 4.90 Å². The third kappa shape index (κ3) is 4.54. The highest BCUT2D eigenvalue weighted by Gasteiger charge is 2.35. The highest BCUT2D eigenvalue weighted by atomic mass is 32.1. The van der Waals surface area contributed by atoms with E-state index in [4.69, 9.17) is 17.0 Å². The van der Waals surface area contributed by atoms with E-state index in [2.05, 4.69) is 12.2 Å². The van der Waals surface area contributed by atoms with Crippen LogP contribution >= 0.6 is 12.2 Å². The van der Waals surface area contributed by atoms with Crippen LogP contribution in [0.25, 0.3) is 6.08 Å². The maximum Gasteiger partial charge on any atom is 0.270 e. The van der Waals surface area contributed by atoms with Crippen molar-refractivity contribution in [1.29, 1.82) is 0 Å². The van der Waals surface area contributed by atoms with Gasteiger partial charge in [-0.2, -0.15) is 0 Å². The van der Waals surface area contributed by atoms with Gasteiger partial charge in [-0.3, -0.25) is 19.8 Å². The second kappa shape index (κ2) is 8.57. The normalized spacial score (nSPS) is 16.8. The van der Waals surface area contributed by atoms with Crippen LogP contribution in [0.5, 0.6) is 5.75 Å². The van der Waals surface area contributed by atoms with Crippen molar-refractivity contribution in [2.45, 2.75) is 40.2 Å². The van der Waals surface area contributed by atoms with E-state index >= 15 is 0 Å². The molecule has 0 aliphatic carbocycles. The Balaban J connectivity index is 1.91. The summed E-state index contributed by atoms with van der Waals surface area (Å²) in [6.45, 7) is 7.96. The lowest BCUT2D eigenvalue weighted by Gasteiger charge is -2.30. The predicted molar refractivity (Wildman–Crippen MR) is 119 cm³/mol. The van der Waals surface area contributed by atoms with Gasteiger partial charge >= 0.3 is 0 Å². The Morgan fingerprint density at radius 1 is 1.14 bits per heavy atom. The minimum absolute atomic E-state index is 0.0363. The van der Waals surface area contributed by atoms with Crippen LogP contribution in [0.1, 0.15) is 37.0 Å². The minimum atomic E-state index is -0.499. The van der Waals surface area contributed by atoms with E-state index in [0.29, 0.717) is 5.69 Å². The summed E-state index contributed by atoms with van der Waals surface area (Å²) >= 11 is 5.27. The van der Waals surface area contributed by atoms with Crippen LogP contribution in [-0.2, 0) is 9.59 Å². The summed E-state index contributed by atoms with van der Waals surface area (Å²) in [6, 6.07) is 13.0. The van der Waals surface area contributed by atoms with E-state index in [-0.39, 0.29) is 16.8 Å². The van der Waals surface area contributed by atoms with E-state index in [9.17, 15) is 9.59 Å². The van der Waals surface area contributed by atoms with Crippen LogP contribution in [0.15, 0.2) is 48.0 Å². The van der Waals surface area contributed by atoms with E-state index in [1.807, 2.05) is 63.2 Å². The fourth-order valence-electron chi connectivity index (χ4n) is 3.06. The Kier molecular flexibility index (Phi) is 6.13. The van der Waals surface area contributed by atoms with Crippen molar-refractivity contribution in [2.24, 2.45) is 0 Å². The lowest BCUT2D eigenvalue weighted by molar-refractivity contribution is -0.122. The highest BCUT2D eigenvalue weighted by Crippen LogP contribution is 2.26. The van der Waals surface area contributed by atoms with Crippen LogP contribution < -0.4 is 15.0 Å². The molecule has 2 aromatic carbocycles. The van der Waals surface area contributed by atoms with Crippen molar-refractivity contribution in [3.63, 3.8) is 0 Å². The number of amides is 2. The Hall–Kier alpha value is -2.99. The molecular formula is C23H24N2O3S. The number of aryl methyl sites for hydroxylation is 2. The van der Waals surface area contributed by atoms with Crippen LogP contribution in [0.4, 0.5) is 5.69 Å². The number of rotatable bonds is 5. The molecule has 1 saturated heterocycles. The van der Waals surface area contributed by atoms with Gasteiger partial charge in [-0.25, -0.2) is 0 Å². The van der Waals surface area contributed by atoms with Gasteiger partial charge in [0.2, 0.25) is 0 Å². The standard InChI is InChI=1S/C23H24N2O3S/c1-5-16(4)28-18-9-7-17(8-10-18)13-19-21(26)24-23(29)25(22(19)27)20-11-6-14(2)12-15(20)3/h6-13,16H,5H2,1-4H3,(H,24,26,29)/b19-13+/t16-/m1/s1. The first-order chi connectivity index (χ1) is 13.8. The van der Waals surface area contributed by atoms with Crippen molar-refractivity contribution in [1.82, 2.24) is 5.32 Å². The third-order valence-electron chi connectivity index (χ3n) is 4.80. The molecule has 0 bridgehead atoms. The molecule has 0 radical (unpaired) electrons. The van der Waals surface area contributed by atoms with Crippen LogP contribution in [0.2, 0.25) is 0 Å². The fourth-order valence-corrected chi connectivity index (χ4v) is 3.33. The quantitative estimate of drug-likeness (QED) is 0.455. The van der Waals surface area contributed by atoms with Gasteiger partial charge < -0.3 is 4.74 Å². The molecule has 1 heterocycles. The molecule has 29 heavy (non-hydrogen) atoms. The number of ether oxygens (including phenoxy) is 1. The molecule has 6 heteroatoms. The summed E-state index contributed by atoms with van der Waals surface area (Å²) in [7, 11) is 0. The van der Waals surface area contributed by atoms with E-state index in [1.54, 1.807) is 6.08 Å². The number of carbonyl (C=O) groups is 2. The molecular weight excluding hydrogens is 384 g/mol. The molecule has 0 aromatic heterocycles. The van der Waals surface area contributed by atoms with E-state index < -0.39 is 11.8 Å². The molecule has 3 rings (SSSR count). The second-order valence-electron chi connectivity index (χ2n) is 7.15. The largest absolute Gasteiger partial charge is 0.491 e. The molecule has 2 amide bonds. The first-order valence-electron chi connectivity index (χ1n) is 9.55. The summed E-state index contributed by atoms with van der Waals surface area (Å²) in [5.74, 6) is -0.189. The smallest absolute Gasteiger partial charge is 0.270 e. The van der Waals surface area contributed by atoms with Crippen LogP contribution in [0, 0.1) is 13.8 Å². The molecule has 5 nitrogen and oxygen atoms in total. The predicted octanol–water partition coefficient (Wildman–Crippen LogP) is 4.31. The van der Waals surface area contributed by atoms with Crippen molar-refractivity contribution in [2.75, 3.05) is 4.90 Å². The lowest BCUT2D eigenvalue weighted by atomic mass is 10.0. The fraction of sp³-hybridized carbons (Fsp3) is 0.261. The number of nitrogens with one attached hydrogen (secondary N) is 1. The van der Waals surface area contributed by atoms with Gasteiger partial charge in [0, 0.05) is 0 Å². The number of nitrogens with zero attached hydrogens (tertiary/aromatic N) is 1. The molecule has 0 unspecified atom stereocenters. The summed E-state index contributed by atoms with van der Waals surface area (Å²) in [6.07, 6.45) is 2.61. The summed E-state index contributed by atoms with van der Waals surface area (Å²) in [4.78, 5) is 26.9. The van der Waals surface area contributed by atoms with Crippen molar-refractivity contribution >= 4 is 40.9 Å². The Labute approximate surface area is 176 Å². The molecule has 1 aliphatic rings. The Bertz CT molecular complexity index is 996. The van der Waals surface area contributed by atoms with Gasteiger partial charge in [0.1, 0.15) is 11.3 Å². The van der Waals surface area contributed by atoms with Gasteiger partial charge in [0.15, 0.2) is 5.11 Å². The summed E-state index contributed by atoms with van der Waals surface area (Å²) in [5, 5.41) is 2.70. The average Bonchev–Trinajstić information content (AvgIpc) is 2.67. The average molecular weight is 409 g/mol. The first kappa shape index (κ1) is 20.7. The van der Waals surface area contributed by atoms with Gasteiger partial charge in [-0.1, -0.05) is 36.8 Å². The Morgan fingerprint density at radius 3 is 2.45 bits per heavy atom. The zero-order chi connectivity index (χ0) is 21.1. The third-order valence-corrected chi connectivity index (χ3v) is 5.08. The van der Waals surface area contributed by atoms with Crippen molar-refractivity contribution in [3.8, 4) is 5.75 Å². The molecule has 1 N–H and O–H groups in total. The molecule has 150 valence electrons. The van der Waals surface area contributed by atoms with Crippen molar-refractivity contribution < 1.29 is 14.3 Å². The first-order valence-corrected chi connectivity index (χ1v) is 9.96. The zero-order valence-electron chi connectivity index (χ0n) is 17.0. The molecule has 0 spiro atoms. The van der Waals surface area contributed by atoms with Gasteiger partial charge in [-0.05, 0) is 74.8 Å². The second-order valence-corrected chi connectivity index (χ2v) is 7.54. The SMILES string of the molecule is CC[C@@H](C)Oc1ccc(/C=C2\C(=O)NC(=S)N(c3ccc(C)cc3C)C2=O)cc1. The number of carbonyl (C=O) groups excluding carboxylic acids is 2. The monoisotopic (exact) mass is 408 g/mol. The molecule has 2 aromatic rings. The number of thiocarbonyl (C=S) groups is 1. The summed E-state index contributed by atoms with van der Waals surface area (Å²) < 4.78 is 5.77. The molecule has 1 fully saturated rings. The Morgan fingerprint density at radius 2 is 1.83 bits per heavy atom. The lowest BCUT2D eigenvalue weighted by Crippen LogP contribution is -2.54. The van der Waals surface area contributed by atoms with E-state index in [0.717, 1.165) is 28.9 Å². The van der Waals surface area contributed by atoms with Gasteiger partial charge in [-0.15, -0.1) is 0 Å². The zero-order valence-corrected chi connectivity index (χ0v) is 17.8. The minimum Gasteiger partial charge on any atom is -0.491 e. The maximum absolute atomic E-state index is 13.1. The number of hydrogen-bond acceptors (Lipinski definition) is 4. The number of benzene rings is 2. The van der Waals surface area contributed by atoms with Crippen molar-refractivity contribution in [3.05, 3.63) is 64.7 Å². The van der Waals surface area contributed by atoms with Gasteiger partial charge in [0.05, 0.1) is 11.8 Å². The van der Waals surface area contributed by atoms with Gasteiger partial charge in [0.25, 0.3) is 11.8 Å². The highest BCUT2D eigenvalue weighted by molar-refractivity contribution is 7.80. The van der Waals surface area contributed by atoms with Crippen LogP contribution in [0.3, 0.4) is 0 Å². The van der Waals surface area contributed by atoms with Crippen LogP contribution in [-0.4, -0.2) is 23.0 Å².